The van der Waals surface area contributed by atoms with E-state index in [1.165, 1.54) is 23.2 Å². The Morgan fingerprint density at radius 2 is 1.53 bits per heavy atom. The number of rotatable bonds is 6. The summed E-state index contributed by atoms with van der Waals surface area (Å²) in [6.45, 7) is 2.43. The third-order valence-corrected chi connectivity index (χ3v) is 5.52. The van der Waals surface area contributed by atoms with Crippen LogP contribution in [0.1, 0.15) is 17.3 Å². The summed E-state index contributed by atoms with van der Waals surface area (Å²) in [6, 6.07) is 16.7. The zero-order chi connectivity index (χ0) is 24.4. The smallest absolute Gasteiger partial charge is 0.316 e. The molecule has 4 aromatic rings. The lowest BCUT2D eigenvalue weighted by atomic mass is 10.2. The van der Waals surface area contributed by atoms with E-state index in [-0.39, 0.29) is 0 Å². The Hall–Kier alpha value is -4.04. The maximum absolute atomic E-state index is 12.9. The van der Waals surface area contributed by atoms with Gasteiger partial charge in [0.2, 0.25) is 0 Å². The fourth-order valence-corrected chi connectivity index (χ4v) is 3.69. The Morgan fingerprint density at radius 1 is 0.912 bits per heavy atom. The van der Waals surface area contributed by atoms with E-state index < -0.39 is 17.0 Å². The number of fused-ring (bicyclic) bond motifs is 1. The largest absolute Gasteiger partial charge is 0.494 e. The molecule has 1 amide bonds. The van der Waals surface area contributed by atoms with Gasteiger partial charge in [-0.05, 0) is 55.5 Å². The van der Waals surface area contributed by atoms with Gasteiger partial charge in [0.1, 0.15) is 11.5 Å². The second kappa shape index (κ2) is 9.44. The van der Waals surface area contributed by atoms with Crippen molar-refractivity contribution in [3.05, 3.63) is 92.0 Å². The summed E-state index contributed by atoms with van der Waals surface area (Å²) in [7, 11) is 3.01. The van der Waals surface area contributed by atoms with Gasteiger partial charge in [-0.15, -0.1) is 0 Å². The SMILES string of the molecule is CCOc1ccc(Oc2cc3c(cc2NC(=O)c2cccc(Cl)c2)n(C)c(=O)c(=O)n3C)cc1. The molecule has 0 unspecified atom stereocenters. The summed E-state index contributed by atoms with van der Waals surface area (Å²) in [5.74, 6) is 1.07. The Kier molecular flexibility index (Phi) is 6.43. The van der Waals surface area contributed by atoms with Crippen molar-refractivity contribution < 1.29 is 14.3 Å². The summed E-state index contributed by atoms with van der Waals surface area (Å²) >= 11 is 6.03. The van der Waals surface area contributed by atoms with Crippen molar-refractivity contribution in [2.75, 3.05) is 11.9 Å². The van der Waals surface area contributed by atoms with Crippen molar-refractivity contribution in [1.29, 1.82) is 0 Å². The zero-order valence-corrected chi connectivity index (χ0v) is 19.6. The Labute approximate surface area is 199 Å². The van der Waals surface area contributed by atoms with E-state index in [2.05, 4.69) is 5.32 Å². The first-order chi connectivity index (χ1) is 16.3. The summed E-state index contributed by atoms with van der Waals surface area (Å²) in [4.78, 5) is 37.6. The highest BCUT2D eigenvalue weighted by Crippen LogP contribution is 2.34. The van der Waals surface area contributed by atoms with Crippen molar-refractivity contribution in [3.63, 3.8) is 0 Å². The van der Waals surface area contributed by atoms with E-state index in [0.717, 1.165) is 0 Å². The molecule has 0 bridgehead atoms. The molecule has 1 N–H and O–H groups in total. The minimum Gasteiger partial charge on any atom is -0.494 e. The number of carbonyl (C=O) groups is 1. The highest BCUT2D eigenvalue weighted by Gasteiger charge is 2.17. The van der Waals surface area contributed by atoms with Crippen molar-refractivity contribution in [2.45, 2.75) is 6.92 Å². The van der Waals surface area contributed by atoms with Crippen LogP contribution in [0.15, 0.2) is 70.3 Å². The van der Waals surface area contributed by atoms with E-state index in [1.54, 1.807) is 60.7 Å². The number of ether oxygens (including phenoxy) is 2. The number of amides is 1. The van der Waals surface area contributed by atoms with Crippen molar-refractivity contribution >= 4 is 34.2 Å². The molecular formula is C25H22ClN3O5. The fraction of sp³-hybridized carbons (Fsp3) is 0.160. The molecule has 0 radical (unpaired) electrons. The number of benzene rings is 3. The molecule has 0 saturated heterocycles. The van der Waals surface area contributed by atoms with Gasteiger partial charge in [-0.2, -0.15) is 0 Å². The standard InChI is InChI=1S/C25H22ClN3O5/c1-4-33-17-8-10-18(11-9-17)34-22-14-21-20(28(2)24(31)25(32)29(21)3)13-19(22)27-23(30)15-6-5-7-16(26)12-15/h5-14H,4H2,1-3H3,(H,27,30). The molecule has 0 aliphatic heterocycles. The summed E-state index contributed by atoms with van der Waals surface area (Å²) < 4.78 is 14.0. The second-order valence-corrected chi connectivity index (χ2v) is 7.97. The summed E-state index contributed by atoms with van der Waals surface area (Å²) in [6.07, 6.45) is 0. The summed E-state index contributed by atoms with van der Waals surface area (Å²) in [5, 5.41) is 3.25. The van der Waals surface area contributed by atoms with Gasteiger partial charge >= 0.3 is 11.1 Å². The number of hydrogen-bond donors (Lipinski definition) is 1. The molecule has 34 heavy (non-hydrogen) atoms. The van der Waals surface area contributed by atoms with E-state index in [4.69, 9.17) is 21.1 Å². The molecule has 1 aromatic heterocycles. The van der Waals surface area contributed by atoms with Gasteiger partial charge < -0.3 is 23.9 Å². The highest BCUT2D eigenvalue weighted by molar-refractivity contribution is 6.31. The number of aromatic nitrogens is 2. The average molecular weight is 480 g/mol. The molecule has 0 aliphatic rings. The Bertz CT molecular complexity index is 1510. The molecule has 4 rings (SSSR count). The monoisotopic (exact) mass is 479 g/mol. The predicted molar refractivity (Wildman–Crippen MR) is 132 cm³/mol. The van der Waals surface area contributed by atoms with Gasteiger partial charge in [-0.1, -0.05) is 17.7 Å². The number of hydrogen-bond acceptors (Lipinski definition) is 5. The molecule has 0 saturated carbocycles. The lowest BCUT2D eigenvalue weighted by Crippen LogP contribution is -2.39. The van der Waals surface area contributed by atoms with Crippen LogP contribution in [-0.4, -0.2) is 21.6 Å². The van der Waals surface area contributed by atoms with Gasteiger partial charge in [0.05, 0.1) is 23.3 Å². The van der Waals surface area contributed by atoms with Crippen LogP contribution in [0.4, 0.5) is 5.69 Å². The van der Waals surface area contributed by atoms with Crippen LogP contribution in [0.2, 0.25) is 5.02 Å². The van der Waals surface area contributed by atoms with Crippen LogP contribution < -0.4 is 25.9 Å². The molecule has 0 aliphatic carbocycles. The van der Waals surface area contributed by atoms with E-state index in [0.29, 0.717) is 51.2 Å². The van der Waals surface area contributed by atoms with Crippen LogP contribution in [-0.2, 0) is 14.1 Å². The molecule has 0 fully saturated rings. The molecule has 174 valence electrons. The van der Waals surface area contributed by atoms with E-state index in [9.17, 15) is 14.4 Å². The average Bonchev–Trinajstić information content (AvgIpc) is 2.83. The lowest BCUT2D eigenvalue weighted by molar-refractivity contribution is 0.102. The van der Waals surface area contributed by atoms with Crippen LogP contribution in [0, 0.1) is 0 Å². The van der Waals surface area contributed by atoms with Crippen LogP contribution in [0.25, 0.3) is 11.0 Å². The van der Waals surface area contributed by atoms with Gasteiger partial charge in [0.25, 0.3) is 5.91 Å². The van der Waals surface area contributed by atoms with Gasteiger partial charge in [0.15, 0.2) is 5.75 Å². The zero-order valence-electron chi connectivity index (χ0n) is 18.8. The number of carbonyl (C=O) groups excluding carboxylic acids is 1. The molecular weight excluding hydrogens is 458 g/mol. The van der Waals surface area contributed by atoms with Crippen LogP contribution >= 0.6 is 11.6 Å². The normalized spacial score (nSPS) is 10.8. The minimum absolute atomic E-state index is 0.292. The van der Waals surface area contributed by atoms with E-state index >= 15 is 0 Å². The summed E-state index contributed by atoms with van der Waals surface area (Å²) in [5.41, 5.74) is 0.246. The lowest BCUT2D eigenvalue weighted by Gasteiger charge is -2.17. The van der Waals surface area contributed by atoms with Gasteiger partial charge in [-0.25, -0.2) is 0 Å². The van der Waals surface area contributed by atoms with Crippen molar-refractivity contribution in [3.8, 4) is 17.2 Å². The molecule has 3 aromatic carbocycles. The molecule has 9 heteroatoms. The highest BCUT2D eigenvalue weighted by atomic mass is 35.5. The quantitative estimate of drug-likeness (QED) is 0.415. The third kappa shape index (κ3) is 4.53. The number of nitrogens with zero attached hydrogens (tertiary/aromatic N) is 2. The van der Waals surface area contributed by atoms with Gasteiger partial charge in [0, 0.05) is 30.7 Å². The minimum atomic E-state index is -0.678. The number of anilines is 1. The number of nitrogens with one attached hydrogen (secondary N) is 1. The number of halogens is 1. The first kappa shape index (κ1) is 23.1. The maximum Gasteiger partial charge on any atom is 0.316 e. The Morgan fingerprint density at radius 3 is 2.15 bits per heavy atom. The topological polar surface area (TPSA) is 91.6 Å². The van der Waals surface area contributed by atoms with E-state index in [1.807, 2.05) is 6.92 Å². The number of aryl methyl sites for hydroxylation is 2. The molecule has 0 atom stereocenters. The first-order valence-electron chi connectivity index (χ1n) is 10.5. The second-order valence-electron chi connectivity index (χ2n) is 7.54. The van der Waals surface area contributed by atoms with Crippen LogP contribution in [0.5, 0.6) is 17.2 Å². The predicted octanol–water partition coefficient (Wildman–Crippen LogP) is 4.33. The van der Waals surface area contributed by atoms with Gasteiger partial charge in [-0.3, -0.25) is 14.4 Å². The van der Waals surface area contributed by atoms with Crippen LogP contribution in [0.3, 0.4) is 0 Å². The molecule has 1 heterocycles. The maximum atomic E-state index is 12.9. The first-order valence-corrected chi connectivity index (χ1v) is 10.9. The third-order valence-electron chi connectivity index (χ3n) is 5.29. The molecule has 0 spiro atoms. The van der Waals surface area contributed by atoms with Crippen molar-refractivity contribution in [2.24, 2.45) is 14.1 Å². The van der Waals surface area contributed by atoms with Crippen molar-refractivity contribution in [1.82, 2.24) is 9.13 Å². The fourth-order valence-electron chi connectivity index (χ4n) is 3.50. The molecule has 8 nitrogen and oxygen atoms in total. The Balaban J connectivity index is 1.82.